The molecule has 1 amide bonds. The maximum Gasteiger partial charge on any atom is 0.275 e. The monoisotopic (exact) mass is 388 g/mol. The largest absolute Gasteiger partial charge is 0.372 e. The predicted molar refractivity (Wildman–Crippen MR) is 83.7 cm³/mol. The second kappa shape index (κ2) is 6.16. The van der Waals surface area contributed by atoms with E-state index in [1.54, 1.807) is 19.2 Å². The zero-order chi connectivity index (χ0) is 13.8. The average molecular weight is 389 g/mol. The van der Waals surface area contributed by atoms with E-state index in [1.165, 1.54) is 12.4 Å². The van der Waals surface area contributed by atoms with E-state index in [0.29, 0.717) is 16.5 Å². The summed E-state index contributed by atoms with van der Waals surface area (Å²) in [5.41, 5.74) is 0.769. The van der Waals surface area contributed by atoms with Gasteiger partial charge in [0, 0.05) is 10.6 Å². The molecule has 0 bridgehead atoms. The van der Waals surface area contributed by atoms with Gasteiger partial charge in [0.15, 0.2) is 0 Å². The van der Waals surface area contributed by atoms with E-state index >= 15 is 0 Å². The molecule has 0 aliphatic carbocycles. The van der Waals surface area contributed by atoms with Crippen molar-refractivity contribution in [3.8, 4) is 0 Å². The van der Waals surface area contributed by atoms with Crippen molar-refractivity contribution in [1.29, 1.82) is 0 Å². The molecule has 1 aromatic heterocycles. The van der Waals surface area contributed by atoms with Gasteiger partial charge in [0.25, 0.3) is 5.91 Å². The first kappa shape index (κ1) is 14.0. The Bertz CT molecular complexity index is 620. The van der Waals surface area contributed by atoms with E-state index in [-0.39, 0.29) is 11.6 Å². The Hall–Kier alpha value is -1.41. The minimum atomic E-state index is -0.354. The maximum absolute atomic E-state index is 12.0. The van der Waals surface area contributed by atoms with Crippen LogP contribution in [0, 0.1) is 3.57 Å². The minimum absolute atomic E-state index is 0.224. The molecule has 0 spiro atoms. The van der Waals surface area contributed by atoms with Crippen LogP contribution in [-0.2, 0) is 0 Å². The molecule has 2 aromatic rings. The van der Waals surface area contributed by atoms with Crippen LogP contribution in [0.15, 0.2) is 30.6 Å². The summed E-state index contributed by atoms with van der Waals surface area (Å²) in [5.74, 6) is 0.175. The Balaban J connectivity index is 2.20. The summed E-state index contributed by atoms with van der Waals surface area (Å²) in [6.45, 7) is 0. The number of hydrogen-bond donors (Lipinski definition) is 2. The number of carbonyl (C=O) groups excluding carboxylic acids is 1. The number of nitrogens with zero attached hydrogens (tertiary/aromatic N) is 2. The molecule has 2 rings (SSSR count). The third-order valence-electron chi connectivity index (χ3n) is 2.30. The second-order valence-corrected chi connectivity index (χ2v) is 5.27. The first-order chi connectivity index (χ1) is 9.10. The quantitative estimate of drug-likeness (QED) is 0.793. The number of halogens is 2. The number of rotatable bonds is 3. The van der Waals surface area contributed by atoms with Crippen molar-refractivity contribution in [1.82, 2.24) is 9.97 Å². The molecule has 2 N–H and O–H groups in total. The molecular weight excluding hydrogens is 379 g/mol. The maximum atomic E-state index is 12.0. The van der Waals surface area contributed by atoms with Gasteiger partial charge in [0.2, 0.25) is 0 Å². The highest BCUT2D eigenvalue weighted by molar-refractivity contribution is 14.1. The number of amides is 1. The molecule has 0 unspecified atom stereocenters. The van der Waals surface area contributed by atoms with Crippen LogP contribution in [0.2, 0.25) is 5.02 Å². The molecule has 1 aromatic carbocycles. The molecular formula is C12H10ClIN4O. The lowest BCUT2D eigenvalue weighted by Crippen LogP contribution is -2.15. The van der Waals surface area contributed by atoms with Crippen molar-refractivity contribution in [2.45, 2.75) is 0 Å². The molecule has 0 saturated heterocycles. The van der Waals surface area contributed by atoms with Gasteiger partial charge in [-0.15, -0.1) is 0 Å². The van der Waals surface area contributed by atoms with Gasteiger partial charge in [-0.2, -0.15) is 0 Å². The highest BCUT2D eigenvalue weighted by Crippen LogP contribution is 2.24. The van der Waals surface area contributed by atoms with Crippen molar-refractivity contribution in [2.24, 2.45) is 0 Å². The third-order valence-corrected chi connectivity index (χ3v) is 3.29. The van der Waals surface area contributed by atoms with Gasteiger partial charge in [-0.25, -0.2) is 4.98 Å². The fraction of sp³-hybridized carbons (Fsp3) is 0.0833. The highest BCUT2D eigenvalue weighted by atomic mass is 127. The molecule has 0 fully saturated rings. The number of aromatic nitrogens is 2. The normalized spacial score (nSPS) is 10.1. The van der Waals surface area contributed by atoms with Crippen LogP contribution in [0.5, 0.6) is 0 Å². The average Bonchev–Trinajstić information content (AvgIpc) is 2.42. The minimum Gasteiger partial charge on any atom is -0.372 e. The number of hydrogen-bond acceptors (Lipinski definition) is 4. The summed E-state index contributed by atoms with van der Waals surface area (Å²) in [6, 6.07) is 5.38. The Labute approximate surface area is 128 Å². The molecule has 19 heavy (non-hydrogen) atoms. The van der Waals surface area contributed by atoms with Crippen LogP contribution in [0.4, 0.5) is 11.5 Å². The van der Waals surface area contributed by atoms with E-state index in [2.05, 4.69) is 43.2 Å². The van der Waals surface area contributed by atoms with Crippen molar-refractivity contribution < 1.29 is 4.79 Å². The smallest absolute Gasteiger partial charge is 0.275 e. The molecule has 7 heteroatoms. The Morgan fingerprint density at radius 2 is 2.16 bits per heavy atom. The standard InChI is InChI=1S/C12H10ClIN4O/c1-15-11-6-16-5-10(17-11)12(19)18-9-3-2-7(14)4-8(9)13/h2-6H,1H3,(H,15,17)(H,18,19). The molecule has 98 valence electrons. The van der Waals surface area contributed by atoms with Crippen LogP contribution in [0.1, 0.15) is 10.5 Å². The number of nitrogens with one attached hydrogen (secondary N) is 2. The van der Waals surface area contributed by atoms with Crippen molar-refractivity contribution in [3.05, 3.63) is 44.9 Å². The van der Waals surface area contributed by atoms with Gasteiger partial charge in [-0.05, 0) is 40.8 Å². The lowest BCUT2D eigenvalue weighted by atomic mass is 10.3. The summed E-state index contributed by atoms with van der Waals surface area (Å²) in [4.78, 5) is 20.1. The van der Waals surface area contributed by atoms with Gasteiger partial charge in [-0.1, -0.05) is 11.6 Å². The first-order valence-corrected chi connectivity index (χ1v) is 6.82. The van der Waals surface area contributed by atoms with Gasteiger partial charge in [-0.3, -0.25) is 9.78 Å². The summed E-state index contributed by atoms with van der Waals surface area (Å²) in [6.07, 6.45) is 2.94. The number of benzene rings is 1. The van der Waals surface area contributed by atoms with Crippen molar-refractivity contribution in [2.75, 3.05) is 17.7 Å². The van der Waals surface area contributed by atoms with E-state index < -0.39 is 0 Å². The summed E-state index contributed by atoms with van der Waals surface area (Å²) < 4.78 is 0.998. The van der Waals surface area contributed by atoms with Crippen molar-refractivity contribution >= 4 is 51.6 Å². The summed E-state index contributed by atoms with van der Waals surface area (Å²) in [7, 11) is 1.71. The lowest BCUT2D eigenvalue weighted by Gasteiger charge is -2.07. The molecule has 0 radical (unpaired) electrons. The Morgan fingerprint density at radius 3 is 2.84 bits per heavy atom. The van der Waals surface area contributed by atoms with Crippen LogP contribution in [0.3, 0.4) is 0 Å². The third kappa shape index (κ3) is 3.54. The summed E-state index contributed by atoms with van der Waals surface area (Å²) >= 11 is 8.20. The fourth-order valence-corrected chi connectivity index (χ4v) is 2.28. The molecule has 1 heterocycles. The lowest BCUT2D eigenvalue weighted by molar-refractivity contribution is 0.102. The number of anilines is 2. The molecule has 0 aliphatic heterocycles. The highest BCUT2D eigenvalue weighted by Gasteiger charge is 2.11. The summed E-state index contributed by atoms with van der Waals surface area (Å²) in [5, 5.41) is 6.01. The zero-order valence-corrected chi connectivity index (χ0v) is 12.9. The number of carbonyl (C=O) groups is 1. The van der Waals surface area contributed by atoms with E-state index in [4.69, 9.17) is 11.6 Å². The Kier molecular flexibility index (Phi) is 4.54. The van der Waals surface area contributed by atoms with Crippen LogP contribution < -0.4 is 10.6 Å². The van der Waals surface area contributed by atoms with E-state index in [9.17, 15) is 4.79 Å². The predicted octanol–water partition coefficient (Wildman–Crippen LogP) is 3.03. The van der Waals surface area contributed by atoms with E-state index in [0.717, 1.165) is 3.57 Å². The first-order valence-electron chi connectivity index (χ1n) is 5.36. The van der Waals surface area contributed by atoms with Gasteiger partial charge < -0.3 is 10.6 Å². The van der Waals surface area contributed by atoms with Crippen molar-refractivity contribution in [3.63, 3.8) is 0 Å². The Morgan fingerprint density at radius 1 is 1.37 bits per heavy atom. The fourth-order valence-electron chi connectivity index (χ4n) is 1.37. The van der Waals surface area contributed by atoms with Gasteiger partial charge in [0.05, 0.1) is 23.1 Å². The zero-order valence-electron chi connectivity index (χ0n) is 9.95. The second-order valence-electron chi connectivity index (χ2n) is 3.62. The topological polar surface area (TPSA) is 66.9 Å². The molecule has 0 atom stereocenters. The molecule has 0 aliphatic rings. The SMILES string of the molecule is CNc1cncc(C(=O)Nc2ccc(I)cc2Cl)n1. The molecule has 5 nitrogen and oxygen atoms in total. The van der Waals surface area contributed by atoms with E-state index in [1.807, 2.05) is 6.07 Å². The molecule has 0 saturated carbocycles. The van der Waals surface area contributed by atoms with Gasteiger partial charge >= 0.3 is 0 Å². The van der Waals surface area contributed by atoms with Crippen LogP contribution in [0.25, 0.3) is 0 Å². The van der Waals surface area contributed by atoms with Crippen LogP contribution >= 0.6 is 34.2 Å². The van der Waals surface area contributed by atoms with Gasteiger partial charge in [0.1, 0.15) is 11.5 Å². The van der Waals surface area contributed by atoms with Crippen LogP contribution in [-0.4, -0.2) is 22.9 Å².